The number of aryl methyl sites for hydroxylation is 1. The van der Waals surface area contributed by atoms with Crippen LogP contribution in [0.2, 0.25) is 0 Å². The number of aromatic nitrogens is 1. The summed E-state index contributed by atoms with van der Waals surface area (Å²) < 4.78 is 7.31. The highest BCUT2D eigenvalue weighted by Gasteiger charge is 2.18. The minimum atomic E-state index is -0.181. The van der Waals surface area contributed by atoms with E-state index < -0.39 is 0 Å². The predicted octanol–water partition coefficient (Wildman–Crippen LogP) is 5.07. The van der Waals surface area contributed by atoms with Gasteiger partial charge in [0.25, 0.3) is 5.91 Å². The van der Waals surface area contributed by atoms with E-state index in [4.69, 9.17) is 14.8 Å². The van der Waals surface area contributed by atoms with Crippen LogP contribution in [0.25, 0.3) is 11.3 Å². The molecule has 5 rings (SSSR count). The maximum Gasteiger partial charge on any atom is 0.262 e. The molecule has 2 N–H and O–H groups in total. The molecular formula is C26H22N4O3S. The van der Waals surface area contributed by atoms with Crippen LogP contribution in [0, 0.1) is 6.92 Å². The molecule has 1 aliphatic heterocycles. The van der Waals surface area contributed by atoms with Crippen molar-refractivity contribution in [3.8, 4) is 22.8 Å². The quantitative estimate of drug-likeness (QED) is 0.408. The lowest BCUT2D eigenvalue weighted by atomic mass is 10.1. The van der Waals surface area contributed by atoms with Gasteiger partial charge in [-0.2, -0.15) is 5.10 Å². The van der Waals surface area contributed by atoms with Gasteiger partial charge < -0.3 is 15.2 Å². The first-order chi connectivity index (χ1) is 16.5. The summed E-state index contributed by atoms with van der Waals surface area (Å²) in [5, 5.41) is 19.4. The van der Waals surface area contributed by atoms with Crippen LogP contribution in [-0.2, 0) is 4.79 Å². The Labute approximate surface area is 200 Å². The lowest BCUT2D eigenvalue weighted by molar-refractivity contribution is -0.118. The smallest absolute Gasteiger partial charge is 0.262 e. The molecule has 0 fully saturated rings. The zero-order valence-electron chi connectivity index (χ0n) is 18.6. The van der Waals surface area contributed by atoms with Gasteiger partial charge in [0.1, 0.15) is 11.5 Å². The summed E-state index contributed by atoms with van der Waals surface area (Å²) in [7, 11) is 0. The molecule has 170 valence electrons. The summed E-state index contributed by atoms with van der Waals surface area (Å²) in [5.74, 6) is 0.659. The Hall–Kier alpha value is -4.17. The third kappa shape index (κ3) is 4.49. The number of aromatic hydroxyl groups is 1. The van der Waals surface area contributed by atoms with Crippen LogP contribution in [0.1, 0.15) is 18.1 Å². The van der Waals surface area contributed by atoms with E-state index in [-0.39, 0.29) is 18.3 Å². The number of rotatable bonds is 4. The van der Waals surface area contributed by atoms with Gasteiger partial charge in [0.05, 0.1) is 22.8 Å². The van der Waals surface area contributed by atoms with Crippen LogP contribution < -0.4 is 14.9 Å². The Morgan fingerprint density at radius 3 is 2.62 bits per heavy atom. The summed E-state index contributed by atoms with van der Waals surface area (Å²) >= 11 is 1.48. The number of ether oxygens (including phenoxy) is 1. The van der Waals surface area contributed by atoms with Crippen molar-refractivity contribution in [1.82, 2.24) is 4.68 Å². The van der Waals surface area contributed by atoms with E-state index in [0.29, 0.717) is 16.2 Å². The number of nitrogens with one attached hydrogen (secondary N) is 1. The lowest BCUT2D eigenvalue weighted by Gasteiger charge is -2.18. The highest BCUT2D eigenvalue weighted by Crippen LogP contribution is 2.33. The Bertz CT molecular complexity index is 1470. The van der Waals surface area contributed by atoms with Gasteiger partial charge in [0.15, 0.2) is 6.61 Å². The number of nitrogens with zero attached hydrogens (tertiary/aromatic N) is 3. The summed E-state index contributed by atoms with van der Waals surface area (Å²) in [6.45, 7) is 3.97. The summed E-state index contributed by atoms with van der Waals surface area (Å²) in [5.41, 5.74) is 5.97. The second-order valence-corrected chi connectivity index (χ2v) is 8.78. The number of fused-ring (bicyclic) bond motifs is 1. The number of amides is 1. The first-order valence-electron chi connectivity index (χ1n) is 10.7. The molecule has 0 saturated carbocycles. The van der Waals surface area contributed by atoms with Gasteiger partial charge in [-0.1, -0.05) is 17.7 Å². The van der Waals surface area contributed by atoms with Gasteiger partial charge in [0, 0.05) is 10.9 Å². The van der Waals surface area contributed by atoms with Gasteiger partial charge in [-0.3, -0.25) is 4.79 Å². The molecule has 0 radical (unpaired) electrons. The Balaban J connectivity index is 1.65. The van der Waals surface area contributed by atoms with Crippen LogP contribution in [-0.4, -0.2) is 28.0 Å². The second kappa shape index (κ2) is 8.99. The van der Waals surface area contributed by atoms with Crippen molar-refractivity contribution < 1.29 is 14.6 Å². The third-order valence-electron chi connectivity index (χ3n) is 5.39. The van der Waals surface area contributed by atoms with E-state index in [2.05, 4.69) is 5.32 Å². The van der Waals surface area contributed by atoms with Gasteiger partial charge >= 0.3 is 0 Å². The first-order valence-corrected chi connectivity index (χ1v) is 11.6. The summed E-state index contributed by atoms with van der Waals surface area (Å²) in [4.78, 5) is 17.3. The van der Waals surface area contributed by atoms with Crippen LogP contribution in [0.5, 0.6) is 11.5 Å². The molecule has 0 unspecified atom stereocenters. The zero-order chi connectivity index (χ0) is 23.7. The number of thiazole rings is 1. The molecule has 34 heavy (non-hydrogen) atoms. The molecule has 0 atom stereocenters. The monoisotopic (exact) mass is 470 g/mol. The predicted molar refractivity (Wildman–Crippen MR) is 134 cm³/mol. The van der Waals surface area contributed by atoms with Crippen molar-refractivity contribution in [1.29, 1.82) is 0 Å². The Kier molecular flexibility index (Phi) is 5.73. The van der Waals surface area contributed by atoms with Crippen molar-refractivity contribution in [3.05, 3.63) is 88.0 Å². The Morgan fingerprint density at radius 2 is 1.85 bits per heavy atom. The van der Waals surface area contributed by atoms with E-state index in [1.807, 2.05) is 73.8 Å². The Morgan fingerprint density at radius 1 is 1.09 bits per heavy atom. The normalized spacial score (nSPS) is 13.9. The van der Waals surface area contributed by atoms with Crippen LogP contribution in [0.3, 0.4) is 0 Å². The second-order valence-electron chi connectivity index (χ2n) is 7.94. The van der Waals surface area contributed by atoms with Gasteiger partial charge in [0.2, 0.25) is 4.80 Å². The molecule has 0 bridgehead atoms. The largest absolute Gasteiger partial charge is 0.508 e. The van der Waals surface area contributed by atoms with Gasteiger partial charge in [-0.25, -0.2) is 9.67 Å². The highest BCUT2D eigenvalue weighted by atomic mass is 32.1. The van der Waals surface area contributed by atoms with Crippen LogP contribution in [0.4, 0.5) is 11.4 Å². The molecule has 0 spiro atoms. The van der Waals surface area contributed by atoms with Crippen molar-refractivity contribution >= 4 is 34.3 Å². The third-order valence-corrected chi connectivity index (χ3v) is 6.20. The molecule has 1 amide bonds. The van der Waals surface area contributed by atoms with Crippen LogP contribution >= 0.6 is 11.3 Å². The average Bonchev–Trinajstić information content (AvgIpc) is 3.22. The molecule has 0 aliphatic carbocycles. The number of phenols is 1. The molecule has 2 heterocycles. The molecular weight excluding hydrogens is 448 g/mol. The number of carbonyl (C=O) groups excluding carboxylic acids is 1. The molecule has 0 saturated heterocycles. The van der Waals surface area contributed by atoms with Gasteiger partial charge in [-0.15, -0.1) is 11.3 Å². The van der Waals surface area contributed by atoms with E-state index in [1.54, 1.807) is 16.8 Å². The lowest BCUT2D eigenvalue weighted by Crippen LogP contribution is -2.25. The first kappa shape index (κ1) is 21.7. The average molecular weight is 471 g/mol. The fraction of sp³-hybridized carbons (Fsp3) is 0.115. The number of anilines is 1. The van der Waals surface area contributed by atoms with Crippen molar-refractivity contribution in [2.45, 2.75) is 13.8 Å². The summed E-state index contributed by atoms with van der Waals surface area (Å²) in [6.07, 6.45) is 0. The van der Waals surface area contributed by atoms with Crippen molar-refractivity contribution in [2.24, 2.45) is 10.1 Å². The number of carbonyl (C=O) groups is 1. The van der Waals surface area contributed by atoms with Gasteiger partial charge in [-0.05, 0) is 74.0 Å². The highest BCUT2D eigenvalue weighted by molar-refractivity contribution is 7.07. The minimum Gasteiger partial charge on any atom is -0.508 e. The van der Waals surface area contributed by atoms with Crippen molar-refractivity contribution in [2.75, 3.05) is 11.9 Å². The number of phenolic OH excluding ortho intramolecular Hbond substituents is 1. The van der Waals surface area contributed by atoms with Crippen molar-refractivity contribution in [3.63, 3.8) is 0 Å². The molecule has 4 aromatic rings. The minimum absolute atomic E-state index is 0.0144. The van der Waals surface area contributed by atoms with E-state index in [1.165, 1.54) is 16.9 Å². The zero-order valence-corrected chi connectivity index (χ0v) is 19.5. The maximum absolute atomic E-state index is 11.8. The fourth-order valence-electron chi connectivity index (χ4n) is 3.55. The standard InChI is InChI=1S/C26H22N4O3S/c1-16-3-8-20(9-4-16)27-26-30(29-17(2)18-5-10-21(31)11-6-18)23(15-34-26)19-7-12-24-22(13-19)28-25(32)14-33-24/h3-13,15,31H,14H2,1-2H3,(H,28,32). The molecule has 7 nitrogen and oxygen atoms in total. The molecule has 3 aromatic carbocycles. The number of hydrogen-bond acceptors (Lipinski definition) is 6. The number of benzene rings is 3. The number of hydrogen-bond donors (Lipinski definition) is 2. The topological polar surface area (TPSA) is 88.2 Å². The molecule has 1 aromatic heterocycles. The molecule has 8 heteroatoms. The van der Waals surface area contributed by atoms with Crippen LogP contribution in [0.15, 0.2) is 82.2 Å². The summed E-state index contributed by atoms with van der Waals surface area (Å²) in [6, 6.07) is 20.6. The van der Waals surface area contributed by atoms with E-state index in [0.717, 1.165) is 28.2 Å². The van der Waals surface area contributed by atoms with E-state index >= 15 is 0 Å². The SMILES string of the molecule is CC(=Nn1c(-c2ccc3c(c2)NC(=O)CO3)csc1=Nc1ccc(C)cc1)c1ccc(O)cc1. The maximum atomic E-state index is 11.8. The fourth-order valence-corrected chi connectivity index (χ4v) is 4.40. The molecule has 1 aliphatic rings. The van der Waals surface area contributed by atoms with E-state index in [9.17, 15) is 9.90 Å².